The minimum absolute atomic E-state index is 0.0492. The van der Waals surface area contributed by atoms with E-state index in [9.17, 15) is 13.3 Å². The van der Waals surface area contributed by atoms with Crippen molar-refractivity contribution in [2.75, 3.05) is 0 Å². The van der Waals surface area contributed by atoms with E-state index >= 15 is 0 Å². The molecule has 0 radical (unpaired) electrons. The molecule has 0 unspecified atom stereocenters. The highest BCUT2D eigenvalue weighted by molar-refractivity contribution is 5.98. The summed E-state index contributed by atoms with van der Waals surface area (Å²) in [7, 11) is 0. The number of aromatic nitrogens is 3. The third-order valence-corrected chi connectivity index (χ3v) is 13.1. The summed E-state index contributed by atoms with van der Waals surface area (Å²) in [5.41, 5.74) is 13.9. The molecule has 0 bridgehead atoms. The summed E-state index contributed by atoms with van der Waals surface area (Å²) in [6, 6.07) is 49.3. The zero-order valence-electron chi connectivity index (χ0n) is 47.9. The van der Waals surface area contributed by atoms with Gasteiger partial charge in [0.25, 0.3) is 0 Å². The van der Waals surface area contributed by atoms with Gasteiger partial charge in [0.05, 0.1) is 28.0 Å². The van der Waals surface area contributed by atoms with Crippen LogP contribution in [0.15, 0.2) is 158 Å². The summed E-state index contributed by atoms with van der Waals surface area (Å²) in [5, 5.41) is 12.5. The molecule has 9 aromatic rings. The highest BCUT2D eigenvalue weighted by Crippen LogP contribution is 2.45. The average Bonchev–Trinajstić information content (AvgIpc) is 3.74. The molecule has 0 saturated heterocycles. The van der Waals surface area contributed by atoms with E-state index < -0.39 is 30.4 Å². The standard InChI is InChI=1S/C64H65N3O/c1-38(2)44-23-25-46(26-24-44)47-29-30-65-58(37-47)52-33-50(45-17-13-12-14-18-45)32-51(34-52)55-21-16-22-60-62(55)66-64(57-36-49(39(3)4)35-56(42(9)10)63(57)68)67(60)59-28-27-48(31-43(59)11)61-53(40(5)6)19-15-20-54(61)41(7)8/h12-42,68H,1-11H3/i11D3,38D,39D,40D,42D. The molecule has 0 aliphatic carbocycles. The lowest BCUT2D eigenvalue weighted by Gasteiger charge is -2.22. The quantitative estimate of drug-likeness (QED) is 0.133. The van der Waals surface area contributed by atoms with Gasteiger partial charge >= 0.3 is 0 Å². The first-order valence-electron chi connectivity index (χ1n) is 27.1. The normalized spacial score (nSPS) is 14.2. The number of rotatable bonds is 12. The molecule has 0 atom stereocenters. The summed E-state index contributed by atoms with van der Waals surface area (Å²) in [6.45, 7) is 15.9. The number of hydrogen-bond donors (Lipinski definition) is 1. The van der Waals surface area contributed by atoms with Crippen molar-refractivity contribution in [3.8, 4) is 78.6 Å². The fourth-order valence-electron chi connectivity index (χ4n) is 9.40. The molecule has 342 valence electrons. The molecule has 0 fully saturated rings. The minimum Gasteiger partial charge on any atom is -0.507 e. The number of aromatic hydroxyl groups is 1. The number of para-hydroxylation sites is 1. The average molecular weight is 899 g/mol. The first kappa shape index (κ1) is 38.0. The number of hydrogen-bond acceptors (Lipinski definition) is 3. The van der Waals surface area contributed by atoms with Gasteiger partial charge in [-0.05, 0) is 163 Å². The molecule has 2 aromatic heterocycles. The highest BCUT2D eigenvalue weighted by atomic mass is 16.3. The maximum absolute atomic E-state index is 12.5. The van der Waals surface area contributed by atoms with Crippen molar-refractivity contribution in [3.05, 3.63) is 191 Å². The van der Waals surface area contributed by atoms with Crippen molar-refractivity contribution in [1.29, 1.82) is 0 Å². The molecule has 68 heavy (non-hydrogen) atoms. The predicted octanol–water partition coefficient (Wildman–Crippen LogP) is 18.1. The largest absolute Gasteiger partial charge is 0.507 e. The first-order valence-corrected chi connectivity index (χ1v) is 23.6. The van der Waals surface area contributed by atoms with Crippen LogP contribution in [-0.4, -0.2) is 19.6 Å². The smallest absolute Gasteiger partial charge is 0.149 e. The molecule has 4 nitrogen and oxygen atoms in total. The van der Waals surface area contributed by atoms with E-state index in [1.807, 2.05) is 136 Å². The van der Waals surface area contributed by atoms with Crippen molar-refractivity contribution < 1.29 is 14.7 Å². The van der Waals surface area contributed by atoms with Crippen LogP contribution in [0.25, 0.3) is 83.9 Å². The Bertz CT molecular complexity index is 3600. The number of phenolic OH excluding ortho intramolecular Hbond substituents is 1. The van der Waals surface area contributed by atoms with Crippen LogP contribution < -0.4 is 0 Å². The van der Waals surface area contributed by atoms with Gasteiger partial charge in [0.1, 0.15) is 11.6 Å². The number of aryl methyl sites for hydroxylation is 1. The van der Waals surface area contributed by atoms with Gasteiger partial charge < -0.3 is 5.11 Å². The van der Waals surface area contributed by atoms with E-state index in [1.165, 1.54) is 0 Å². The maximum Gasteiger partial charge on any atom is 0.149 e. The number of phenols is 1. The Morgan fingerprint density at radius 2 is 1.16 bits per heavy atom. The molecule has 0 saturated carbocycles. The minimum atomic E-state index is -2.65. The van der Waals surface area contributed by atoms with Gasteiger partial charge in [0.2, 0.25) is 0 Å². The summed E-state index contributed by atoms with van der Waals surface area (Å²) >= 11 is 0. The zero-order chi connectivity index (χ0) is 54.2. The van der Waals surface area contributed by atoms with Crippen molar-refractivity contribution in [3.63, 3.8) is 0 Å². The van der Waals surface area contributed by atoms with Gasteiger partial charge in [-0.1, -0.05) is 166 Å². The van der Waals surface area contributed by atoms with Crippen LogP contribution >= 0.6 is 0 Å². The second kappa shape index (κ2) is 18.9. The molecular formula is C64H65N3O. The van der Waals surface area contributed by atoms with Crippen molar-refractivity contribution in [1.82, 2.24) is 14.5 Å². The number of imidazole rings is 1. The summed E-state index contributed by atoms with van der Waals surface area (Å²) < 4.78 is 65.5. The predicted molar refractivity (Wildman–Crippen MR) is 288 cm³/mol. The van der Waals surface area contributed by atoms with E-state index in [0.717, 1.165) is 66.9 Å². The Hall–Kier alpha value is -7.04. The van der Waals surface area contributed by atoms with Crippen LogP contribution in [-0.2, 0) is 0 Å². The zero-order valence-corrected chi connectivity index (χ0v) is 40.9. The SMILES string of the molecule is [2H]C([2H])([2H])c1cc(-c2c(C(C)C)cccc2C([2H])(C)C)ccc1-n1c(-c2cc(C([2H])(C)C)cc(C([2H])(C)C)c2O)nc2c(-c3cc(-c4ccccc4)cc(-c4cc(-c5ccc(C([2H])(C)C)cc5)ccn4)c3)cccc21. The molecule has 7 aromatic carbocycles. The highest BCUT2D eigenvalue weighted by Gasteiger charge is 2.25. The molecule has 2 heterocycles. The first-order chi connectivity index (χ1) is 35.1. The van der Waals surface area contributed by atoms with Gasteiger partial charge in [0, 0.05) is 26.9 Å². The monoisotopic (exact) mass is 899 g/mol. The van der Waals surface area contributed by atoms with E-state index in [0.29, 0.717) is 33.4 Å². The Morgan fingerprint density at radius 3 is 1.85 bits per heavy atom. The van der Waals surface area contributed by atoms with E-state index in [-0.39, 0.29) is 28.6 Å². The molecule has 0 spiro atoms. The number of pyridine rings is 1. The van der Waals surface area contributed by atoms with Crippen LogP contribution in [0.2, 0.25) is 0 Å². The maximum atomic E-state index is 12.5. The van der Waals surface area contributed by atoms with E-state index in [4.69, 9.17) is 11.3 Å². The molecule has 0 amide bonds. The Morgan fingerprint density at radius 1 is 0.500 bits per heavy atom. The van der Waals surface area contributed by atoms with Gasteiger partial charge in [-0.25, -0.2) is 4.98 Å². The fraction of sp³-hybridized carbons (Fsp3) is 0.250. The number of benzene rings is 7. The lowest BCUT2D eigenvalue weighted by molar-refractivity contribution is 0.466. The number of fused-ring (bicyclic) bond motifs is 1. The Balaban J connectivity index is 1.35. The molecular weight excluding hydrogens is 827 g/mol. The van der Waals surface area contributed by atoms with Crippen LogP contribution in [0.4, 0.5) is 0 Å². The lowest BCUT2D eigenvalue weighted by atomic mass is 9.84. The summed E-state index contributed by atoms with van der Waals surface area (Å²) in [5.74, 6) is -4.02. The van der Waals surface area contributed by atoms with Crippen LogP contribution in [0, 0.1) is 6.85 Å². The van der Waals surface area contributed by atoms with Crippen molar-refractivity contribution >= 4 is 11.0 Å². The van der Waals surface area contributed by atoms with E-state index in [1.54, 1.807) is 45.9 Å². The molecule has 0 aliphatic rings. The van der Waals surface area contributed by atoms with Gasteiger partial charge in [-0.2, -0.15) is 0 Å². The third kappa shape index (κ3) is 8.81. The second-order valence-corrected chi connectivity index (χ2v) is 19.2. The molecule has 9 rings (SSSR count). The van der Waals surface area contributed by atoms with Crippen LogP contribution in [0.1, 0.15) is 142 Å². The Labute approximate surface area is 414 Å². The summed E-state index contributed by atoms with van der Waals surface area (Å²) in [4.78, 5) is 10.4. The fourth-order valence-corrected chi connectivity index (χ4v) is 9.40. The topological polar surface area (TPSA) is 50.9 Å². The summed E-state index contributed by atoms with van der Waals surface area (Å²) in [6.07, 6.45) is 1.81. The third-order valence-electron chi connectivity index (χ3n) is 13.1. The van der Waals surface area contributed by atoms with E-state index in [2.05, 4.69) is 50.2 Å². The molecule has 0 aliphatic heterocycles. The second-order valence-electron chi connectivity index (χ2n) is 19.2. The van der Waals surface area contributed by atoms with Gasteiger partial charge in [-0.15, -0.1) is 0 Å². The van der Waals surface area contributed by atoms with Crippen LogP contribution in [0.3, 0.4) is 0 Å². The van der Waals surface area contributed by atoms with Crippen molar-refractivity contribution in [2.45, 2.75) is 106 Å². The lowest BCUT2D eigenvalue weighted by Crippen LogP contribution is -2.04. The number of nitrogens with zero attached hydrogens (tertiary/aromatic N) is 3. The molecule has 1 N–H and O–H groups in total. The molecule has 4 heteroatoms. The Kier molecular flexibility index (Phi) is 10.6. The van der Waals surface area contributed by atoms with Crippen molar-refractivity contribution in [2.24, 2.45) is 0 Å². The van der Waals surface area contributed by atoms with Gasteiger partial charge in [0.15, 0.2) is 0 Å². The van der Waals surface area contributed by atoms with Crippen LogP contribution in [0.5, 0.6) is 5.75 Å². The van der Waals surface area contributed by atoms with Gasteiger partial charge in [-0.3, -0.25) is 9.55 Å².